The Labute approximate surface area is 112 Å². The number of benzene rings is 1. The van der Waals surface area contributed by atoms with Crippen molar-refractivity contribution in [3.8, 4) is 0 Å². The molecule has 1 aromatic rings. The van der Waals surface area contributed by atoms with Gasteiger partial charge in [0, 0.05) is 0 Å². The summed E-state index contributed by atoms with van der Waals surface area (Å²) < 4.78 is 0. The molecule has 0 radical (unpaired) electrons. The molecule has 1 aliphatic rings. The van der Waals surface area contributed by atoms with E-state index in [9.17, 15) is 0 Å². The molecule has 0 unspecified atom stereocenters. The van der Waals surface area contributed by atoms with E-state index in [1.165, 1.54) is 44.1 Å². The van der Waals surface area contributed by atoms with Crippen LogP contribution in [0.1, 0.15) is 64.0 Å². The van der Waals surface area contributed by atoms with Crippen LogP contribution in [0.5, 0.6) is 0 Å². The van der Waals surface area contributed by atoms with Crippen molar-refractivity contribution >= 4 is 5.57 Å². The lowest BCUT2D eigenvalue weighted by Crippen LogP contribution is -2.14. The molecule has 0 heterocycles. The van der Waals surface area contributed by atoms with Crippen molar-refractivity contribution in [1.82, 2.24) is 0 Å². The average Bonchev–Trinajstić information content (AvgIpc) is 2.37. The van der Waals surface area contributed by atoms with E-state index < -0.39 is 0 Å². The summed E-state index contributed by atoms with van der Waals surface area (Å²) in [6.07, 6.45) is 10.1. The topological polar surface area (TPSA) is 0 Å². The Morgan fingerprint density at radius 3 is 2.61 bits per heavy atom. The molecule has 0 aromatic heterocycles. The molecule has 1 aliphatic carbocycles. The standard InChI is InChI=1S/C18H26/c1-4-5-8-15-9-6-7-10-17(15)16-11-13-18(2,3)14-12-16/h6-7,9-11H,4-5,8,12-14H2,1-3H3. The van der Waals surface area contributed by atoms with E-state index in [2.05, 4.69) is 51.1 Å². The third-order valence-electron chi connectivity index (χ3n) is 4.14. The highest BCUT2D eigenvalue weighted by Gasteiger charge is 2.22. The molecule has 0 saturated heterocycles. The molecular formula is C18H26. The van der Waals surface area contributed by atoms with Gasteiger partial charge in [-0.25, -0.2) is 0 Å². The van der Waals surface area contributed by atoms with Crippen molar-refractivity contribution in [2.75, 3.05) is 0 Å². The van der Waals surface area contributed by atoms with Crippen LogP contribution in [-0.2, 0) is 6.42 Å². The molecule has 0 fully saturated rings. The Balaban J connectivity index is 2.20. The Bertz CT molecular complexity index is 423. The van der Waals surface area contributed by atoms with Crippen LogP contribution in [0.2, 0.25) is 0 Å². The minimum absolute atomic E-state index is 0.502. The number of rotatable bonds is 4. The number of unbranched alkanes of at least 4 members (excludes halogenated alkanes) is 1. The Hall–Kier alpha value is -1.04. The zero-order valence-corrected chi connectivity index (χ0v) is 12.1. The fourth-order valence-corrected chi connectivity index (χ4v) is 2.74. The summed E-state index contributed by atoms with van der Waals surface area (Å²) in [5, 5.41) is 0. The molecule has 0 aliphatic heterocycles. The largest absolute Gasteiger partial charge is 0.0802 e. The van der Waals surface area contributed by atoms with Crippen LogP contribution in [0, 0.1) is 5.41 Å². The summed E-state index contributed by atoms with van der Waals surface area (Å²) in [6.45, 7) is 7.03. The van der Waals surface area contributed by atoms with Crippen molar-refractivity contribution in [3.05, 3.63) is 41.5 Å². The smallest absolute Gasteiger partial charge is 0.0196 e. The predicted octanol–water partition coefficient (Wildman–Crippen LogP) is 5.62. The molecule has 0 saturated carbocycles. The van der Waals surface area contributed by atoms with Crippen molar-refractivity contribution in [2.24, 2.45) is 5.41 Å². The number of hydrogen-bond acceptors (Lipinski definition) is 0. The van der Waals surface area contributed by atoms with Crippen molar-refractivity contribution in [2.45, 2.75) is 59.3 Å². The van der Waals surface area contributed by atoms with E-state index in [1.54, 1.807) is 11.1 Å². The third-order valence-corrected chi connectivity index (χ3v) is 4.14. The van der Waals surface area contributed by atoms with Gasteiger partial charge in [-0.15, -0.1) is 0 Å². The number of aryl methyl sites for hydroxylation is 1. The zero-order chi connectivity index (χ0) is 13.0. The molecule has 0 heteroatoms. The SMILES string of the molecule is CCCCc1ccccc1C1=CCC(C)(C)CC1. The van der Waals surface area contributed by atoms with E-state index in [0.29, 0.717) is 5.41 Å². The zero-order valence-electron chi connectivity index (χ0n) is 12.1. The Morgan fingerprint density at radius 2 is 1.94 bits per heavy atom. The second kappa shape index (κ2) is 5.73. The summed E-state index contributed by atoms with van der Waals surface area (Å²) in [5.74, 6) is 0. The molecule has 0 amide bonds. The summed E-state index contributed by atoms with van der Waals surface area (Å²) in [4.78, 5) is 0. The lowest BCUT2D eigenvalue weighted by molar-refractivity contribution is 0.335. The van der Waals surface area contributed by atoms with Gasteiger partial charge in [-0.05, 0) is 54.2 Å². The number of allylic oxidation sites excluding steroid dienone is 2. The maximum atomic E-state index is 2.48. The van der Waals surface area contributed by atoms with E-state index in [4.69, 9.17) is 0 Å². The minimum atomic E-state index is 0.502. The molecule has 0 bridgehead atoms. The highest BCUT2D eigenvalue weighted by atomic mass is 14.3. The summed E-state index contributed by atoms with van der Waals surface area (Å²) in [5.41, 5.74) is 5.15. The van der Waals surface area contributed by atoms with Gasteiger partial charge in [-0.3, -0.25) is 0 Å². The second-order valence-corrected chi connectivity index (χ2v) is 6.36. The van der Waals surface area contributed by atoms with Crippen LogP contribution in [0.3, 0.4) is 0 Å². The highest BCUT2D eigenvalue weighted by Crippen LogP contribution is 2.38. The van der Waals surface area contributed by atoms with Gasteiger partial charge in [-0.1, -0.05) is 57.5 Å². The van der Waals surface area contributed by atoms with Crippen LogP contribution < -0.4 is 0 Å². The lowest BCUT2D eigenvalue weighted by atomic mass is 9.76. The van der Waals surface area contributed by atoms with Gasteiger partial charge in [-0.2, -0.15) is 0 Å². The Kier molecular flexibility index (Phi) is 4.27. The number of hydrogen-bond donors (Lipinski definition) is 0. The van der Waals surface area contributed by atoms with Gasteiger partial charge in [0.15, 0.2) is 0 Å². The second-order valence-electron chi connectivity index (χ2n) is 6.36. The summed E-state index contributed by atoms with van der Waals surface area (Å²) in [6, 6.07) is 8.99. The van der Waals surface area contributed by atoms with Gasteiger partial charge in [0.25, 0.3) is 0 Å². The van der Waals surface area contributed by atoms with Crippen molar-refractivity contribution in [1.29, 1.82) is 0 Å². The van der Waals surface area contributed by atoms with Crippen molar-refractivity contribution < 1.29 is 0 Å². The summed E-state index contributed by atoms with van der Waals surface area (Å²) >= 11 is 0. The van der Waals surface area contributed by atoms with Crippen LogP contribution in [-0.4, -0.2) is 0 Å². The fourth-order valence-electron chi connectivity index (χ4n) is 2.74. The monoisotopic (exact) mass is 242 g/mol. The maximum Gasteiger partial charge on any atom is -0.0196 e. The van der Waals surface area contributed by atoms with Gasteiger partial charge in [0.1, 0.15) is 0 Å². The van der Waals surface area contributed by atoms with Gasteiger partial charge in [0.2, 0.25) is 0 Å². The molecule has 0 N–H and O–H groups in total. The first-order valence-electron chi connectivity index (χ1n) is 7.40. The molecule has 0 nitrogen and oxygen atoms in total. The van der Waals surface area contributed by atoms with Gasteiger partial charge < -0.3 is 0 Å². The van der Waals surface area contributed by atoms with Gasteiger partial charge in [0.05, 0.1) is 0 Å². The minimum Gasteiger partial charge on any atom is -0.0802 e. The molecule has 98 valence electrons. The van der Waals surface area contributed by atoms with Crippen LogP contribution in [0.15, 0.2) is 30.3 Å². The molecule has 2 rings (SSSR count). The fraction of sp³-hybridized carbons (Fsp3) is 0.556. The van der Waals surface area contributed by atoms with Crippen LogP contribution >= 0.6 is 0 Å². The maximum absolute atomic E-state index is 2.48. The van der Waals surface area contributed by atoms with Crippen LogP contribution in [0.25, 0.3) is 5.57 Å². The average molecular weight is 242 g/mol. The normalized spacial score (nSPS) is 18.5. The first-order valence-corrected chi connectivity index (χ1v) is 7.40. The summed E-state index contributed by atoms with van der Waals surface area (Å²) in [7, 11) is 0. The van der Waals surface area contributed by atoms with Gasteiger partial charge >= 0.3 is 0 Å². The first-order chi connectivity index (χ1) is 8.62. The van der Waals surface area contributed by atoms with E-state index in [0.717, 1.165) is 0 Å². The van der Waals surface area contributed by atoms with E-state index in [-0.39, 0.29) is 0 Å². The molecule has 0 spiro atoms. The molecule has 1 aromatic carbocycles. The van der Waals surface area contributed by atoms with E-state index in [1.807, 2.05) is 0 Å². The third kappa shape index (κ3) is 3.25. The van der Waals surface area contributed by atoms with Crippen molar-refractivity contribution in [3.63, 3.8) is 0 Å². The quantitative estimate of drug-likeness (QED) is 0.642. The van der Waals surface area contributed by atoms with Crippen LogP contribution in [0.4, 0.5) is 0 Å². The Morgan fingerprint density at radius 1 is 1.17 bits per heavy atom. The highest BCUT2D eigenvalue weighted by molar-refractivity contribution is 5.69. The molecular weight excluding hydrogens is 216 g/mol. The molecule has 0 atom stereocenters. The molecule has 18 heavy (non-hydrogen) atoms. The first kappa shape index (κ1) is 13.4. The predicted molar refractivity (Wildman–Crippen MR) is 80.7 cm³/mol. The van der Waals surface area contributed by atoms with E-state index >= 15 is 0 Å². The lowest BCUT2D eigenvalue weighted by Gasteiger charge is -2.29.